The molecule has 1 amide bonds. The van der Waals surface area contributed by atoms with Crippen LogP contribution in [0.1, 0.15) is 31.0 Å². The number of carbonyl (C=O) groups excluding carboxylic acids is 1. The number of amidine groups is 1. The fourth-order valence-corrected chi connectivity index (χ4v) is 5.14. The standard InChI is InChI=1S/C28H28N4O2S/c1-19(2)31-14-12-20(18-31)16-26-27(33)32(15-13-21-17-29-25-7-5-4-6-24(21)25)28(35-26)30-22-8-10-23(34-3)11-9-22/h4-12,14,16-19,29H,13,15H2,1-3H3/b26-16+,30-28?. The Morgan fingerprint density at radius 3 is 2.66 bits per heavy atom. The maximum Gasteiger partial charge on any atom is 0.266 e. The Morgan fingerprint density at radius 1 is 1.11 bits per heavy atom. The summed E-state index contributed by atoms with van der Waals surface area (Å²) in [5.41, 5.74) is 4.09. The lowest BCUT2D eigenvalue weighted by Gasteiger charge is -2.15. The number of aromatic nitrogens is 2. The van der Waals surface area contributed by atoms with Crippen LogP contribution in [0.3, 0.4) is 0 Å². The number of benzene rings is 2. The number of hydrogen-bond acceptors (Lipinski definition) is 4. The summed E-state index contributed by atoms with van der Waals surface area (Å²) in [5, 5.41) is 1.88. The van der Waals surface area contributed by atoms with Gasteiger partial charge in [-0.15, -0.1) is 0 Å². The van der Waals surface area contributed by atoms with E-state index in [0.29, 0.717) is 22.7 Å². The first-order valence-corrected chi connectivity index (χ1v) is 12.5. The normalized spacial score (nSPS) is 16.3. The van der Waals surface area contributed by atoms with Gasteiger partial charge in [0.05, 0.1) is 17.7 Å². The lowest BCUT2D eigenvalue weighted by Crippen LogP contribution is -2.31. The Balaban J connectivity index is 1.44. The van der Waals surface area contributed by atoms with Crippen LogP contribution in [-0.4, -0.2) is 39.2 Å². The van der Waals surface area contributed by atoms with Gasteiger partial charge in [-0.2, -0.15) is 0 Å². The smallest absolute Gasteiger partial charge is 0.266 e. The van der Waals surface area contributed by atoms with E-state index in [1.807, 2.05) is 60.9 Å². The molecule has 3 heterocycles. The number of rotatable bonds is 7. The topological polar surface area (TPSA) is 62.6 Å². The van der Waals surface area contributed by atoms with Crippen LogP contribution < -0.4 is 4.74 Å². The van der Waals surface area contributed by atoms with Crippen molar-refractivity contribution >= 4 is 45.5 Å². The molecule has 4 aromatic rings. The summed E-state index contributed by atoms with van der Waals surface area (Å²) in [6.07, 6.45) is 8.84. The number of H-pyrrole nitrogens is 1. The molecule has 5 rings (SSSR count). The van der Waals surface area contributed by atoms with Gasteiger partial charge in [0.25, 0.3) is 5.91 Å². The molecule has 0 unspecified atom stereocenters. The Bertz CT molecular complexity index is 1410. The second-order valence-electron chi connectivity index (χ2n) is 8.76. The second kappa shape index (κ2) is 9.88. The van der Waals surface area contributed by atoms with Crippen LogP contribution in [0.15, 0.2) is 83.1 Å². The van der Waals surface area contributed by atoms with E-state index >= 15 is 0 Å². The maximum atomic E-state index is 13.5. The summed E-state index contributed by atoms with van der Waals surface area (Å²) in [7, 11) is 1.64. The van der Waals surface area contributed by atoms with E-state index in [-0.39, 0.29) is 5.91 Å². The van der Waals surface area contributed by atoms with E-state index in [4.69, 9.17) is 9.73 Å². The van der Waals surface area contributed by atoms with Crippen molar-refractivity contribution in [3.63, 3.8) is 0 Å². The second-order valence-corrected chi connectivity index (χ2v) is 9.76. The zero-order valence-corrected chi connectivity index (χ0v) is 20.9. The largest absolute Gasteiger partial charge is 0.497 e. The van der Waals surface area contributed by atoms with E-state index in [0.717, 1.165) is 28.9 Å². The van der Waals surface area contributed by atoms with Gasteiger partial charge in [-0.05, 0) is 85.6 Å². The van der Waals surface area contributed by atoms with Gasteiger partial charge in [0.15, 0.2) is 5.17 Å². The number of methoxy groups -OCH3 is 1. The van der Waals surface area contributed by atoms with Crippen molar-refractivity contribution in [1.82, 2.24) is 14.5 Å². The van der Waals surface area contributed by atoms with Crippen molar-refractivity contribution in [3.8, 4) is 5.75 Å². The molecule has 1 saturated heterocycles. The average Bonchev–Trinajstić information content (AvgIpc) is 3.57. The number of carbonyl (C=O) groups is 1. The highest BCUT2D eigenvalue weighted by atomic mass is 32.2. The number of aromatic amines is 1. The molecule has 2 aromatic carbocycles. The molecule has 0 atom stereocenters. The number of ether oxygens (including phenoxy) is 1. The van der Waals surface area contributed by atoms with Crippen molar-refractivity contribution in [1.29, 1.82) is 0 Å². The molecule has 0 radical (unpaired) electrons. The molecular formula is C28H28N4O2S. The van der Waals surface area contributed by atoms with Gasteiger partial charge in [0.1, 0.15) is 5.75 Å². The fourth-order valence-electron chi connectivity index (χ4n) is 4.11. The highest BCUT2D eigenvalue weighted by Gasteiger charge is 2.33. The number of nitrogens with one attached hydrogen (secondary N) is 1. The quantitative estimate of drug-likeness (QED) is 0.309. The molecule has 1 aliphatic rings. The van der Waals surface area contributed by atoms with Gasteiger partial charge in [-0.25, -0.2) is 4.99 Å². The van der Waals surface area contributed by atoms with E-state index < -0.39 is 0 Å². The molecule has 0 spiro atoms. The van der Waals surface area contributed by atoms with E-state index in [1.165, 1.54) is 22.7 Å². The maximum absolute atomic E-state index is 13.5. The number of hydrogen-bond donors (Lipinski definition) is 1. The van der Waals surface area contributed by atoms with Crippen LogP contribution in [0.25, 0.3) is 17.0 Å². The SMILES string of the molecule is COc1ccc(N=C2S/C(=C/c3ccn(C(C)C)c3)C(=O)N2CCc2c[nH]c3ccccc23)cc1. The Hall–Kier alpha value is -3.71. The molecule has 0 aliphatic carbocycles. The average molecular weight is 485 g/mol. The molecule has 1 N–H and O–H groups in total. The van der Waals surface area contributed by atoms with Gasteiger partial charge >= 0.3 is 0 Å². The van der Waals surface area contributed by atoms with Crippen LogP contribution in [0, 0.1) is 0 Å². The minimum Gasteiger partial charge on any atom is -0.497 e. The number of para-hydroxylation sites is 1. The number of thioether (sulfide) groups is 1. The van der Waals surface area contributed by atoms with Crippen molar-refractivity contribution < 1.29 is 9.53 Å². The van der Waals surface area contributed by atoms with Crippen LogP contribution in [0.4, 0.5) is 5.69 Å². The highest BCUT2D eigenvalue weighted by Crippen LogP contribution is 2.35. The zero-order valence-electron chi connectivity index (χ0n) is 20.1. The van der Waals surface area contributed by atoms with E-state index in [1.54, 1.807) is 12.0 Å². The highest BCUT2D eigenvalue weighted by molar-refractivity contribution is 8.18. The molecule has 2 aromatic heterocycles. The predicted molar refractivity (Wildman–Crippen MR) is 144 cm³/mol. The lowest BCUT2D eigenvalue weighted by atomic mass is 10.1. The third-order valence-electron chi connectivity index (χ3n) is 6.10. The summed E-state index contributed by atoms with van der Waals surface area (Å²) in [5.74, 6) is 0.759. The minimum absolute atomic E-state index is 0.0144. The Kier molecular flexibility index (Phi) is 6.51. The first kappa shape index (κ1) is 23.1. The predicted octanol–water partition coefficient (Wildman–Crippen LogP) is 6.41. The van der Waals surface area contributed by atoms with Gasteiger partial charge in [0.2, 0.25) is 0 Å². The van der Waals surface area contributed by atoms with Gasteiger partial charge in [-0.1, -0.05) is 18.2 Å². The van der Waals surface area contributed by atoms with Gasteiger partial charge in [-0.3, -0.25) is 9.69 Å². The van der Waals surface area contributed by atoms with Crippen LogP contribution >= 0.6 is 11.8 Å². The van der Waals surface area contributed by atoms with Crippen molar-refractivity contribution in [2.75, 3.05) is 13.7 Å². The molecule has 35 heavy (non-hydrogen) atoms. The van der Waals surface area contributed by atoms with Gasteiger partial charge in [0, 0.05) is 42.1 Å². The number of amides is 1. The Labute approximate surface area is 209 Å². The summed E-state index contributed by atoms with van der Waals surface area (Å²) >= 11 is 1.42. The molecule has 178 valence electrons. The van der Waals surface area contributed by atoms with Crippen LogP contribution in [0.2, 0.25) is 0 Å². The lowest BCUT2D eigenvalue weighted by molar-refractivity contribution is -0.122. The number of fused-ring (bicyclic) bond motifs is 1. The third kappa shape index (κ3) is 4.91. The molecule has 0 bridgehead atoms. The number of aliphatic imine (C=N–C) groups is 1. The monoisotopic (exact) mass is 484 g/mol. The number of nitrogens with zero attached hydrogens (tertiary/aromatic N) is 3. The molecule has 0 saturated carbocycles. The van der Waals surface area contributed by atoms with Crippen molar-refractivity contribution in [3.05, 3.63) is 89.2 Å². The van der Waals surface area contributed by atoms with Crippen LogP contribution in [-0.2, 0) is 11.2 Å². The van der Waals surface area contributed by atoms with E-state index in [2.05, 4.69) is 41.7 Å². The minimum atomic E-state index is -0.0144. The Morgan fingerprint density at radius 2 is 1.91 bits per heavy atom. The van der Waals surface area contributed by atoms with Crippen LogP contribution in [0.5, 0.6) is 5.75 Å². The van der Waals surface area contributed by atoms with Gasteiger partial charge < -0.3 is 14.3 Å². The first-order chi connectivity index (χ1) is 17.0. The summed E-state index contributed by atoms with van der Waals surface area (Å²) in [4.78, 5) is 24.1. The summed E-state index contributed by atoms with van der Waals surface area (Å²) in [6.45, 7) is 4.82. The van der Waals surface area contributed by atoms with Crippen molar-refractivity contribution in [2.45, 2.75) is 26.3 Å². The molecule has 1 fully saturated rings. The first-order valence-electron chi connectivity index (χ1n) is 11.7. The third-order valence-corrected chi connectivity index (χ3v) is 7.10. The molecule has 6 nitrogen and oxygen atoms in total. The molecule has 1 aliphatic heterocycles. The van der Waals surface area contributed by atoms with E-state index in [9.17, 15) is 4.79 Å². The van der Waals surface area contributed by atoms with Crippen molar-refractivity contribution in [2.24, 2.45) is 4.99 Å². The fraction of sp³-hybridized carbons (Fsp3) is 0.214. The summed E-state index contributed by atoms with van der Waals surface area (Å²) < 4.78 is 7.40. The zero-order chi connectivity index (χ0) is 24.4. The molecular weight excluding hydrogens is 456 g/mol. The summed E-state index contributed by atoms with van der Waals surface area (Å²) in [6, 6.07) is 18.2. The molecule has 7 heteroatoms.